The fourth-order valence-corrected chi connectivity index (χ4v) is 3.66. The molecule has 7 nitrogen and oxygen atoms in total. The number of carbonyl (C=O) groups excluding carboxylic acids is 2. The number of carbonyl (C=O) groups is 2. The van der Waals surface area contributed by atoms with Gasteiger partial charge < -0.3 is 15.8 Å². The van der Waals surface area contributed by atoms with Crippen LogP contribution in [0.5, 0.6) is 0 Å². The Morgan fingerprint density at radius 2 is 1.95 bits per heavy atom. The zero-order valence-electron chi connectivity index (χ0n) is 11.0. The highest BCUT2D eigenvalue weighted by atomic mass is 32.2. The summed E-state index contributed by atoms with van der Waals surface area (Å²) in [6.07, 6.45) is 0.791. The van der Waals surface area contributed by atoms with Crippen LogP contribution in [0.3, 0.4) is 0 Å². The van der Waals surface area contributed by atoms with Crippen molar-refractivity contribution in [1.29, 1.82) is 0 Å². The number of thioether (sulfide) groups is 2. The van der Waals surface area contributed by atoms with Crippen LogP contribution < -0.4 is 11.1 Å². The summed E-state index contributed by atoms with van der Waals surface area (Å²) in [6.45, 7) is 1.23. The first kappa shape index (κ1) is 17.2. The van der Waals surface area contributed by atoms with E-state index in [4.69, 9.17) is 10.5 Å². The van der Waals surface area contributed by atoms with Crippen LogP contribution in [0.2, 0.25) is 0 Å². The smallest absolute Gasteiger partial charge is 0.230 e. The molecule has 1 heterocycles. The fraction of sp³-hybridized carbons (Fsp3) is 0.600. The minimum Gasteiger partial charge on any atom is -0.385 e. The molecule has 1 aromatic rings. The first-order valence-electron chi connectivity index (χ1n) is 5.75. The van der Waals surface area contributed by atoms with Gasteiger partial charge in [-0.3, -0.25) is 9.59 Å². The molecule has 20 heavy (non-hydrogen) atoms. The van der Waals surface area contributed by atoms with Crippen LogP contribution >= 0.6 is 34.9 Å². The Hall–Kier alpha value is -0.840. The molecule has 0 aromatic carbocycles. The van der Waals surface area contributed by atoms with Crippen molar-refractivity contribution in [1.82, 2.24) is 15.5 Å². The summed E-state index contributed by atoms with van der Waals surface area (Å²) in [5.41, 5.74) is 5.04. The molecule has 0 aliphatic rings. The molecule has 0 aliphatic carbocycles. The van der Waals surface area contributed by atoms with Gasteiger partial charge >= 0.3 is 0 Å². The molecular formula is C10H16N4O3S3. The predicted molar refractivity (Wildman–Crippen MR) is 80.1 cm³/mol. The van der Waals surface area contributed by atoms with E-state index < -0.39 is 5.91 Å². The van der Waals surface area contributed by atoms with Crippen LogP contribution in [0.1, 0.15) is 6.42 Å². The average Bonchev–Trinajstić information content (AvgIpc) is 2.87. The maximum Gasteiger partial charge on any atom is 0.230 e. The number of methoxy groups -OCH3 is 1. The van der Waals surface area contributed by atoms with E-state index in [9.17, 15) is 9.59 Å². The quantitative estimate of drug-likeness (QED) is 0.469. The van der Waals surface area contributed by atoms with Crippen LogP contribution in [0.15, 0.2) is 8.68 Å². The lowest BCUT2D eigenvalue weighted by atomic mass is 10.4. The maximum atomic E-state index is 11.5. The molecule has 0 spiro atoms. The van der Waals surface area contributed by atoms with Gasteiger partial charge in [0.15, 0.2) is 8.68 Å². The number of primary amides is 1. The highest BCUT2D eigenvalue weighted by Gasteiger charge is 2.09. The van der Waals surface area contributed by atoms with Gasteiger partial charge in [-0.2, -0.15) is 0 Å². The lowest BCUT2D eigenvalue weighted by molar-refractivity contribution is -0.118. The van der Waals surface area contributed by atoms with E-state index in [1.165, 1.54) is 34.9 Å². The van der Waals surface area contributed by atoms with Gasteiger partial charge in [-0.1, -0.05) is 34.9 Å². The fourth-order valence-electron chi connectivity index (χ4n) is 1.07. The van der Waals surface area contributed by atoms with Crippen LogP contribution in [0.25, 0.3) is 0 Å². The predicted octanol–water partition coefficient (Wildman–Crippen LogP) is 0.360. The summed E-state index contributed by atoms with van der Waals surface area (Å²) in [7, 11) is 1.63. The van der Waals surface area contributed by atoms with Crippen molar-refractivity contribution in [3.05, 3.63) is 0 Å². The molecule has 0 saturated carbocycles. The lowest BCUT2D eigenvalue weighted by Gasteiger charge is -2.02. The van der Waals surface area contributed by atoms with Crippen molar-refractivity contribution in [2.24, 2.45) is 5.73 Å². The Morgan fingerprint density at radius 1 is 1.30 bits per heavy atom. The second-order valence-electron chi connectivity index (χ2n) is 3.57. The molecule has 0 unspecified atom stereocenters. The normalized spacial score (nSPS) is 10.4. The first-order chi connectivity index (χ1) is 9.61. The van der Waals surface area contributed by atoms with E-state index in [2.05, 4.69) is 15.5 Å². The topological polar surface area (TPSA) is 107 Å². The third kappa shape index (κ3) is 7.68. The Bertz CT molecular complexity index is 441. The third-order valence-corrected chi connectivity index (χ3v) is 5.11. The van der Waals surface area contributed by atoms with Crippen LogP contribution in [-0.2, 0) is 14.3 Å². The van der Waals surface area contributed by atoms with E-state index in [-0.39, 0.29) is 11.7 Å². The van der Waals surface area contributed by atoms with Gasteiger partial charge in [-0.05, 0) is 6.42 Å². The summed E-state index contributed by atoms with van der Waals surface area (Å²) in [5, 5.41) is 10.6. The lowest BCUT2D eigenvalue weighted by Crippen LogP contribution is -2.26. The van der Waals surface area contributed by atoms with E-state index in [1.807, 2.05) is 0 Å². The molecule has 0 atom stereocenters. The van der Waals surface area contributed by atoms with Crippen LogP contribution in [0, 0.1) is 0 Å². The number of nitrogens with zero attached hydrogens (tertiary/aromatic N) is 2. The largest absolute Gasteiger partial charge is 0.385 e. The van der Waals surface area contributed by atoms with Gasteiger partial charge in [0.25, 0.3) is 0 Å². The second kappa shape index (κ2) is 9.97. The standard InChI is InChI=1S/C10H16N4O3S3/c1-17-4-2-3-12-8(16)6-19-10-14-13-9(20-10)18-5-7(11)15/h2-6H2,1H3,(H2,11,15)(H,12,16). The number of hydrogen-bond donors (Lipinski definition) is 2. The average molecular weight is 336 g/mol. The van der Waals surface area contributed by atoms with Gasteiger partial charge in [-0.15, -0.1) is 10.2 Å². The molecule has 2 amide bonds. The monoisotopic (exact) mass is 336 g/mol. The summed E-state index contributed by atoms with van der Waals surface area (Å²) < 4.78 is 6.26. The summed E-state index contributed by atoms with van der Waals surface area (Å²) in [5.74, 6) is 0.0315. The molecule has 0 saturated heterocycles. The van der Waals surface area contributed by atoms with Crippen molar-refractivity contribution in [2.45, 2.75) is 15.1 Å². The number of amides is 2. The molecule has 1 aromatic heterocycles. The molecule has 0 bridgehead atoms. The molecule has 3 N–H and O–H groups in total. The minimum absolute atomic E-state index is 0.0485. The number of ether oxygens (including phenoxy) is 1. The van der Waals surface area contributed by atoms with Crippen molar-refractivity contribution in [3.8, 4) is 0 Å². The van der Waals surface area contributed by atoms with Crippen molar-refractivity contribution < 1.29 is 14.3 Å². The summed E-state index contributed by atoms with van der Waals surface area (Å²) in [4.78, 5) is 22.2. The molecule has 0 radical (unpaired) electrons. The molecule has 0 fully saturated rings. The highest BCUT2D eigenvalue weighted by molar-refractivity contribution is 8.03. The van der Waals surface area contributed by atoms with Gasteiger partial charge in [-0.25, -0.2) is 0 Å². The molecule has 112 valence electrons. The van der Waals surface area contributed by atoms with Crippen molar-refractivity contribution in [2.75, 3.05) is 31.8 Å². The number of nitrogens with two attached hydrogens (primary N) is 1. The molecule has 10 heteroatoms. The first-order valence-corrected chi connectivity index (χ1v) is 8.53. The Balaban J connectivity index is 2.21. The van der Waals surface area contributed by atoms with Crippen LogP contribution in [0.4, 0.5) is 0 Å². The molecular weight excluding hydrogens is 320 g/mol. The molecule has 1 rings (SSSR count). The highest BCUT2D eigenvalue weighted by Crippen LogP contribution is 2.28. The van der Waals surface area contributed by atoms with E-state index in [1.54, 1.807) is 7.11 Å². The molecule has 0 aliphatic heterocycles. The minimum atomic E-state index is -0.394. The SMILES string of the molecule is COCCCNC(=O)CSc1nnc(SCC(N)=O)s1. The number of hydrogen-bond acceptors (Lipinski definition) is 8. The Labute approximate surface area is 129 Å². The third-order valence-electron chi connectivity index (χ3n) is 1.90. The number of nitrogens with one attached hydrogen (secondary N) is 1. The van der Waals surface area contributed by atoms with E-state index in [0.29, 0.717) is 27.6 Å². The summed E-state index contributed by atoms with van der Waals surface area (Å²) >= 11 is 3.91. The van der Waals surface area contributed by atoms with E-state index >= 15 is 0 Å². The van der Waals surface area contributed by atoms with E-state index in [0.717, 1.165) is 6.42 Å². The van der Waals surface area contributed by atoms with Crippen molar-refractivity contribution >= 4 is 46.7 Å². The summed E-state index contributed by atoms with van der Waals surface area (Å²) in [6, 6.07) is 0. The van der Waals surface area contributed by atoms with Gasteiger partial charge in [0.2, 0.25) is 11.8 Å². The zero-order chi connectivity index (χ0) is 14.8. The maximum absolute atomic E-state index is 11.5. The Morgan fingerprint density at radius 3 is 2.55 bits per heavy atom. The number of aromatic nitrogens is 2. The Kier molecular flexibility index (Phi) is 8.58. The van der Waals surface area contributed by atoms with Gasteiger partial charge in [0.05, 0.1) is 11.5 Å². The van der Waals surface area contributed by atoms with Gasteiger partial charge in [0.1, 0.15) is 0 Å². The van der Waals surface area contributed by atoms with Gasteiger partial charge in [0, 0.05) is 20.3 Å². The van der Waals surface area contributed by atoms with Crippen molar-refractivity contribution in [3.63, 3.8) is 0 Å². The number of rotatable bonds is 10. The second-order valence-corrected chi connectivity index (χ2v) is 7.00. The van der Waals surface area contributed by atoms with Crippen LogP contribution in [-0.4, -0.2) is 53.8 Å². The zero-order valence-corrected chi connectivity index (χ0v) is 13.4.